The third kappa shape index (κ3) is 3.67. The molecule has 0 unspecified atom stereocenters. The minimum atomic E-state index is -0.559. The summed E-state index contributed by atoms with van der Waals surface area (Å²) in [7, 11) is 0. The van der Waals surface area contributed by atoms with Crippen molar-refractivity contribution in [2.24, 2.45) is 5.92 Å². The molecule has 0 aromatic heterocycles. The average molecular weight is 286 g/mol. The molecule has 1 aliphatic carbocycles. The van der Waals surface area contributed by atoms with E-state index in [1.54, 1.807) is 0 Å². The maximum Gasteiger partial charge on any atom is 0.309 e. The first-order valence-corrected chi connectivity index (χ1v) is 6.35. The van der Waals surface area contributed by atoms with Crippen molar-refractivity contribution in [3.05, 3.63) is 29.0 Å². The Bertz CT molecular complexity index is 503. The number of ether oxygens (including phenoxy) is 1. The average Bonchev–Trinajstić information content (AvgIpc) is 2.29. The van der Waals surface area contributed by atoms with Gasteiger partial charge in [0.05, 0.1) is 10.9 Å². The van der Waals surface area contributed by atoms with E-state index in [1.807, 2.05) is 0 Å². The number of hydrogen-bond donors (Lipinski definition) is 1. The first-order valence-electron chi connectivity index (χ1n) is 5.98. The molecule has 0 spiro atoms. The number of carbonyl (C=O) groups excluding carboxylic acids is 2. The van der Waals surface area contributed by atoms with Crippen LogP contribution in [0.2, 0.25) is 5.02 Å². The van der Waals surface area contributed by atoms with Gasteiger partial charge in [-0.3, -0.25) is 9.59 Å². The molecule has 0 saturated heterocycles. The number of hydrogen-bond acceptors (Lipinski definition) is 3. The number of anilines is 1. The Morgan fingerprint density at radius 1 is 1.42 bits per heavy atom. The van der Waals surface area contributed by atoms with Gasteiger partial charge in [-0.25, -0.2) is 4.39 Å². The van der Waals surface area contributed by atoms with Crippen LogP contribution in [-0.4, -0.2) is 18.5 Å². The Kier molecular flexibility index (Phi) is 4.37. The van der Waals surface area contributed by atoms with Crippen molar-refractivity contribution in [1.82, 2.24) is 0 Å². The number of amides is 1. The predicted octanol–water partition coefficient (Wildman–Crippen LogP) is 2.76. The summed E-state index contributed by atoms with van der Waals surface area (Å²) in [6, 6.07) is 3.83. The van der Waals surface area contributed by atoms with Crippen molar-refractivity contribution < 1.29 is 18.7 Å². The number of halogens is 2. The highest BCUT2D eigenvalue weighted by Gasteiger charge is 2.27. The van der Waals surface area contributed by atoms with Gasteiger partial charge in [0.15, 0.2) is 6.61 Å². The lowest BCUT2D eigenvalue weighted by molar-refractivity contribution is -0.154. The molecule has 1 aromatic rings. The van der Waals surface area contributed by atoms with Gasteiger partial charge in [-0.2, -0.15) is 0 Å². The van der Waals surface area contributed by atoms with E-state index in [4.69, 9.17) is 16.3 Å². The fourth-order valence-corrected chi connectivity index (χ4v) is 1.85. The summed E-state index contributed by atoms with van der Waals surface area (Å²) < 4.78 is 17.8. The fourth-order valence-electron chi connectivity index (χ4n) is 1.67. The molecule has 19 heavy (non-hydrogen) atoms. The van der Waals surface area contributed by atoms with Crippen LogP contribution in [0.5, 0.6) is 0 Å². The third-order valence-corrected chi connectivity index (χ3v) is 3.28. The molecule has 6 heteroatoms. The summed E-state index contributed by atoms with van der Waals surface area (Å²) >= 11 is 5.58. The van der Waals surface area contributed by atoms with E-state index in [0.717, 1.165) is 25.3 Å². The smallest absolute Gasteiger partial charge is 0.309 e. The Morgan fingerprint density at radius 2 is 2.16 bits per heavy atom. The normalized spacial score (nSPS) is 14.6. The topological polar surface area (TPSA) is 55.4 Å². The van der Waals surface area contributed by atoms with Crippen molar-refractivity contribution in [2.45, 2.75) is 19.3 Å². The second kappa shape index (κ2) is 6.02. The summed E-state index contributed by atoms with van der Waals surface area (Å²) in [6.07, 6.45) is 2.68. The maximum atomic E-state index is 12.9. The van der Waals surface area contributed by atoms with E-state index in [9.17, 15) is 14.0 Å². The molecule has 2 rings (SSSR count). The van der Waals surface area contributed by atoms with Crippen LogP contribution < -0.4 is 5.32 Å². The molecule has 0 atom stereocenters. The van der Waals surface area contributed by atoms with E-state index in [1.165, 1.54) is 12.1 Å². The van der Waals surface area contributed by atoms with Gasteiger partial charge in [0.25, 0.3) is 5.91 Å². The van der Waals surface area contributed by atoms with Gasteiger partial charge in [-0.05, 0) is 31.0 Å². The molecule has 102 valence electrons. The van der Waals surface area contributed by atoms with Gasteiger partial charge in [0, 0.05) is 5.69 Å². The molecule has 1 fully saturated rings. The molecule has 1 saturated carbocycles. The van der Waals surface area contributed by atoms with Gasteiger partial charge < -0.3 is 10.1 Å². The lowest BCUT2D eigenvalue weighted by atomic mass is 9.86. The van der Waals surface area contributed by atoms with Crippen LogP contribution in [0.25, 0.3) is 0 Å². The number of esters is 1. The molecule has 1 aromatic carbocycles. The second-order valence-electron chi connectivity index (χ2n) is 4.41. The summed E-state index contributed by atoms with van der Waals surface area (Å²) in [5.74, 6) is -1.43. The van der Waals surface area contributed by atoms with Crippen molar-refractivity contribution in [3.63, 3.8) is 0 Å². The van der Waals surface area contributed by atoms with E-state index in [0.29, 0.717) is 5.69 Å². The second-order valence-corrected chi connectivity index (χ2v) is 4.82. The van der Waals surface area contributed by atoms with E-state index in [2.05, 4.69) is 5.32 Å². The zero-order valence-electron chi connectivity index (χ0n) is 10.1. The highest BCUT2D eigenvalue weighted by atomic mass is 35.5. The number of nitrogens with one attached hydrogen (secondary N) is 1. The lowest BCUT2D eigenvalue weighted by Gasteiger charge is -2.22. The zero-order valence-corrected chi connectivity index (χ0v) is 10.9. The Hall–Kier alpha value is -1.62. The van der Waals surface area contributed by atoms with Gasteiger partial charge in [-0.15, -0.1) is 0 Å². The van der Waals surface area contributed by atoms with Crippen LogP contribution in [0.15, 0.2) is 18.2 Å². The molecular weight excluding hydrogens is 273 g/mol. The standard InChI is InChI=1S/C13H13ClFNO3/c14-10-6-9(4-5-11(10)15)16-12(17)7-19-13(18)8-2-1-3-8/h4-6,8H,1-3,7H2,(H,16,17). The van der Waals surface area contributed by atoms with Gasteiger partial charge >= 0.3 is 5.97 Å². The molecule has 0 aliphatic heterocycles. The van der Waals surface area contributed by atoms with Crippen LogP contribution in [0.4, 0.5) is 10.1 Å². The van der Waals surface area contributed by atoms with Crippen molar-refractivity contribution >= 4 is 29.2 Å². The maximum absolute atomic E-state index is 12.9. The molecule has 0 bridgehead atoms. The molecule has 1 aliphatic rings. The van der Waals surface area contributed by atoms with Gasteiger partial charge in [-0.1, -0.05) is 18.0 Å². The number of carbonyl (C=O) groups is 2. The van der Waals surface area contributed by atoms with Crippen molar-refractivity contribution in [1.29, 1.82) is 0 Å². The minimum Gasteiger partial charge on any atom is -0.455 e. The largest absolute Gasteiger partial charge is 0.455 e. The van der Waals surface area contributed by atoms with Crippen LogP contribution in [0.1, 0.15) is 19.3 Å². The SMILES string of the molecule is O=C(COC(=O)C1CCC1)Nc1ccc(F)c(Cl)c1. The van der Waals surface area contributed by atoms with Crippen LogP contribution in [-0.2, 0) is 14.3 Å². The van der Waals surface area contributed by atoms with E-state index in [-0.39, 0.29) is 23.5 Å². The lowest BCUT2D eigenvalue weighted by Crippen LogP contribution is -2.28. The fraction of sp³-hybridized carbons (Fsp3) is 0.385. The molecule has 0 radical (unpaired) electrons. The molecule has 1 amide bonds. The molecular formula is C13H13ClFNO3. The van der Waals surface area contributed by atoms with Gasteiger partial charge in [0.2, 0.25) is 0 Å². The van der Waals surface area contributed by atoms with E-state index >= 15 is 0 Å². The van der Waals surface area contributed by atoms with E-state index < -0.39 is 11.7 Å². The summed E-state index contributed by atoms with van der Waals surface area (Å²) in [6.45, 7) is -0.343. The number of rotatable bonds is 4. The highest BCUT2D eigenvalue weighted by molar-refractivity contribution is 6.31. The predicted molar refractivity (Wildman–Crippen MR) is 68.3 cm³/mol. The molecule has 1 N–H and O–H groups in total. The Labute approximate surface area is 114 Å². The Balaban J connectivity index is 1.80. The van der Waals surface area contributed by atoms with Gasteiger partial charge in [0.1, 0.15) is 5.82 Å². The van der Waals surface area contributed by atoms with Crippen LogP contribution >= 0.6 is 11.6 Å². The van der Waals surface area contributed by atoms with Crippen LogP contribution in [0, 0.1) is 11.7 Å². The molecule has 0 heterocycles. The highest BCUT2D eigenvalue weighted by Crippen LogP contribution is 2.27. The first-order chi connectivity index (χ1) is 9.06. The summed E-state index contributed by atoms with van der Waals surface area (Å²) in [5.41, 5.74) is 0.357. The first kappa shape index (κ1) is 13.8. The minimum absolute atomic E-state index is 0.0620. The van der Waals surface area contributed by atoms with Crippen molar-refractivity contribution in [3.8, 4) is 0 Å². The third-order valence-electron chi connectivity index (χ3n) is 2.99. The van der Waals surface area contributed by atoms with Crippen LogP contribution in [0.3, 0.4) is 0 Å². The summed E-state index contributed by atoms with van der Waals surface area (Å²) in [4.78, 5) is 22.9. The zero-order chi connectivity index (χ0) is 13.8. The Morgan fingerprint density at radius 3 is 2.74 bits per heavy atom. The number of benzene rings is 1. The van der Waals surface area contributed by atoms with Crippen molar-refractivity contribution in [2.75, 3.05) is 11.9 Å². The monoisotopic (exact) mass is 285 g/mol. The summed E-state index contributed by atoms with van der Waals surface area (Å²) in [5, 5.41) is 2.39. The quantitative estimate of drug-likeness (QED) is 0.866. The molecule has 4 nitrogen and oxygen atoms in total.